The van der Waals surface area contributed by atoms with Gasteiger partial charge in [-0.3, -0.25) is 0 Å². The van der Waals surface area contributed by atoms with Gasteiger partial charge in [-0.1, -0.05) is 35.9 Å². The maximum Gasteiger partial charge on any atom is 0.0456 e. The summed E-state index contributed by atoms with van der Waals surface area (Å²) in [6, 6.07) is 17.5. The van der Waals surface area contributed by atoms with Crippen molar-refractivity contribution >= 4 is 11.4 Å². The number of hydrogen-bond donors (Lipinski definition) is 1. The predicted octanol–water partition coefficient (Wildman–Crippen LogP) is 4.04. The molecular formula is C17H22N2. The van der Waals surface area contributed by atoms with Crippen molar-refractivity contribution < 1.29 is 0 Å². The van der Waals surface area contributed by atoms with Crippen molar-refractivity contribution in [3.05, 3.63) is 59.7 Å². The quantitative estimate of drug-likeness (QED) is 0.885. The van der Waals surface area contributed by atoms with E-state index in [-0.39, 0.29) is 0 Å². The molecule has 2 aromatic rings. The van der Waals surface area contributed by atoms with Gasteiger partial charge in [0.25, 0.3) is 0 Å². The van der Waals surface area contributed by atoms with E-state index in [9.17, 15) is 0 Å². The van der Waals surface area contributed by atoms with Crippen molar-refractivity contribution in [2.75, 3.05) is 19.0 Å². The second-order valence-electron chi connectivity index (χ2n) is 4.96. The Morgan fingerprint density at radius 3 is 2.26 bits per heavy atom. The summed E-state index contributed by atoms with van der Waals surface area (Å²) in [6.45, 7) is 4.29. The standard InChI is InChI=1S/C17H22N2/c1-13-9-11-15(12-10-13)19(4)17-8-6-5-7-16(17)14(2)18-3/h5-12,14,18H,1-4H3. The van der Waals surface area contributed by atoms with Crippen LogP contribution in [0.15, 0.2) is 48.5 Å². The average molecular weight is 254 g/mol. The summed E-state index contributed by atoms with van der Waals surface area (Å²) in [6.07, 6.45) is 0. The largest absolute Gasteiger partial charge is 0.344 e. The van der Waals surface area contributed by atoms with E-state index in [1.807, 2.05) is 7.05 Å². The fourth-order valence-corrected chi connectivity index (χ4v) is 2.22. The first-order valence-corrected chi connectivity index (χ1v) is 6.70. The number of nitrogens with zero attached hydrogens (tertiary/aromatic N) is 1. The Kier molecular flexibility index (Phi) is 4.23. The van der Waals surface area contributed by atoms with Crippen LogP contribution in [0, 0.1) is 6.92 Å². The molecule has 0 radical (unpaired) electrons. The van der Waals surface area contributed by atoms with Crippen LogP contribution in [0.25, 0.3) is 0 Å². The van der Waals surface area contributed by atoms with Crippen LogP contribution in [0.3, 0.4) is 0 Å². The fraction of sp³-hybridized carbons (Fsp3) is 0.294. The molecule has 0 amide bonds. The molecule has 0 heterocycles. The molecule has 0 aromatic heterocycles. The van der Waals surface area contributed by atoms with Crippen LogP contribution in [0.1, 0.15) is 24.1 Å². The van der Waals surface area contributed by atoms with Gasteiger partial charge >= 0.3 is 0 Å². The Morgan fingerprint density at radius 2 is 1.63 bits per heavy atom. The van der Waals surface area contributed by atoms with Crippen LogP contribution in [0.2, 0.25) is 0 Å². The maximum atomic E-state index is 3.31. The number of rotatable bonds is 4. The molecule has 0 saturated carbocycles. The van der Waals surface area contributed by atoms with E-state index in [0.29, 0.717) is 6.04 Å². The topological polar surface area (TPSA) is 15.3 Å². The molecule has 0 saturated heterocycles. The molecule has 0 bridgehead atoms. The molecule has 0 aliphatic heterocycles. The van der Waals surface area contributed by atoms with Gasteiger partial charge in [0.05, 0.1) is 0 Å². The molecule has 1 atom stereocenters. The Morgan fingerprint density at radius 1 is 1.00 bits per heavy atom. The molecule has 100 valence electrons. The first-order valence-electron chi connectivity index (χ1n) is 6.70. The Hall–Kier alpha value is -1.80. The van der Waals surface area contributed by atoms with Crippen LogP contribution in [0.5, 0.6) is 0 Å². The second-order valence-corrected chi connectivity index (χ2v) is 4.96. The molecule has 0 aliphatic carbocycles. The molecule has 2 nitrogen and oxygen atoms in total. The molecule has 2 heteroatoms. The monoisotopic (exact) mass is 254 g/mol. The van der Waals surface area contributed by atoms with Crippen molar-refractivity contribution in [2.24, 2.45) is 0 Å². The number of nitrogens with one attached hydrogen (secondary N) is 1. The van der Waals surface area contributed by atoms with Gasteiger partial charge in [0.2, 0.25) is 0 Å². The van der Waals surface area contributed by atoms with Crippen LogP contribution in [-0.4, -0.2) is 14.1 Å². The lowest BCUT2D eigenvalue weighted by molar-refractivity contribution is 0.652. The van der Waals surface area contributed by atoms with E-state index >= 15 is 0 Å². The molecular weight excluding hydrogens is 232 g/mol. The average Bonchev–Trinajstić information content (AvgIpc) is 2.46. The lowest BCUT2D eigenvalue weighted by Gasteiger charge is -2.25. The fourth-order valence-electron chi connectivity index (χ4n) is 2.22. The predicted molar refractivity (Wildman–Crippen MR) is 83.2 cm³/mol. The van der Waals surface area contributed by atoms with Crippen LogP contribution in [-0.2, 0) is 0 Å². The van der Waals surface area contributed by atoms with E-state index in [2.05, 4.69) is 79.6 Å². The summed E-state index contributed by atoms with van der Waals surface area (Å²) < 4.78 is 0. The van der Waals surface area contributed by atoms with Gasteiger partial charge in [-0.15, -0.1) is 0 Å². The van der Waals surface area contributed by atoms with Gasteiger partial charge in [-0.25, -0.2) is 0 Å². The van der Waals surface area contributed by atoms with E-state index in [4.69, 9.17) is 0 Å². The van der Waals surface area contributed by atoms with Gasteiger partial charge in [0.15, 0.2) is 0 Å². The summed E-state index contributed by atoms with van der Waals surface area (Å²) in [4.78, 5) is 2.24. The van der Waals surface area contributed by atoms with Gasteiger partial charge in [-0.05, 0) is 44.7 Å². The molecule has 2 aromatic carbocycles. The van der Waals surface area contributed by atoms with Gasteiger partial charge in [0.1, 0.15) is 0 Å². The highest BCUT2D eigenvalue weighted by Gasteiger charge is 2.12. The molecule has 0 aliphatic rings. The first kappa shape index (κ1) is 13.6. The highest BCUT2D eigenvalue weighted by molar-refractivity contribution is 5.66. The zero-order chi connectivity index (χ0) is 13.8. The molecule has 1 N–H and O–H groups in total. The number of aryl methyl sites for hydroxylation is 1. The molecule has 1 unspecified atom stereocenters. The Labute approximate surface area is 116 Å². The number of hydrogen-bond acceptors (Lipinski definition) is 2. The highest BCUT2D eigenvalue weighted by atomic mass is 15.1. The van der Waals surface area contributed by atoms with E-state index in [1.165, 1.54) is 22.5 Å². The zero-order valence-corrected chi connectivity index (χ0v) is 12.1. The minimum absolute atomic E-state index is 0.337. The second kappa shape index (κ2) is 5.89. The van der Waals surface area contributed by atoms with Crippen LogP contribution >= 0.6 is 0 Å². The zero-order valence-electron chi connectivity index (χ0n) is 12.1. The maximum absolute atomic E-state index is 3.31. The van der Waals surface area contributed by atoms with Crippen molar-refractivity contribution in [3.8, 4) is 0 Å². The van der Waals surface area contributed by atoms with Gasteiger partial charge in [-0.2, -0.15) is 0 Å². The number of para-hydroxylation sites is 1. The first-order chi connectivity index (χ1) is 9.13. The van der Waals surface area contributed by atoms with Crippen molar-refractivity contribution in [3.63, 3.8) is 0 Å². The van der Waals surface area contributed by atoms with Crippen LogP contribution in [0.4, 0.5) is 11.4 Å². The summed E-state index contributed by atoms with van der Waals surface area (Å²) in [7, 11) is 4.11. The Balaban J connectivity index is 2.38. The highest BCUT2D eigenvalue weighted by Crippen LogP contribution is 2.30. The van der Waals surface area contributed by atoms with Crippen molar-refractivity contribution in [1.29, 1.82) is 0 Å². The Bertz CT molecular complexity index is 531. The van der Waals surface area contributed by atoms with E-state index < -0.39 is 0 Å². The lowest BCUT2D eigenvalue weighted by Crippen LogP contribution is -2.18. The number of benzene rings is 2. The smallest absolute Gasteiger partial charge is 0.0456 e. The third kappa shape index (κ3) is 2.96. The SMILES string of the molecule is CNC(C)c1ccccc1N(C)c1ccc(C)cc1. The lowest BCUT2D eigenvalue weighted by atomic mass is 10.0. The van der Waals surface area contributed by atoms with E-state index in [1.54, 1.807) is 0 Å². The van der Waals surface area contributed by atoms with Gasteiger partial charge in [0, 0.05) is 24.5 Å². The minimum atomic E-state index is 0.337. The summed E-state index contributed by atoms with van der Waals surface area (Å²) in [5, 5.41) is 3.31. The molecule has 2 rings (SSSR count). The summed E-state index contributed by atoms with van der Waals surface area (Å²) >= 11 is 0. The number of anilines is 2. The third-order valence-corrected chi connectivity index (χ3v) is 3.62. The third-order valence-electron chi connectivity index (χ3n) is 3.62. The van der Waals surface area contributed by atoms with Gasteiger partial charge < -0.3 is 10.2 Å². The summed E-state index contributed by atoms with van der Waals surface area (Å²) in [5.41, 5.74) is 5.05. The van der Waals surface area contributed by atoms with Crippen molar-refractivity contribution in [2.45, 2.75) is 19.9 Å². The summed E-state index contributed by atoms with van der Waals surface area (Å²) in [5.74, 6) is 0. The molecule has 0 spiro atoms. The molecule has 19 heavy (non-hydrogen) atoms. The normalized spacial score (nSPS) is 12.2. The van der Waals surface area contributed by atoms with Crippen molar-refractivity contribution in [1.82, 2.24) is 5.32 Å². The van der Waals surface area contributed by atoms with E-state index in [0.717, 1.165) is 0 Å². The van der Waals surface area contributed by atoms with Crippen LogP contribution < -0.4 is 10.2 Å². The minimum Gasteiger partial charge on any atom is -0.344 e. The molecule has 0 fully saturated rings.